The number of urea groups is 1. The molecule has 1 atom stereocenters. The molecule has 0 unspecified atom stereocenters. The zero-order chi connectivity index (χ0) is 13.8. The molecule has 2 aliphatic rings. The van der Waals surface area contributed by atoms with Gasteiger partial charge in [-0.25, -0.2) is 9.59 Å². The Morgan fingerprint density at radius 1 is 1.58 bits per heavy atom. The number of carbonyl (C=O) groups excluding carboxylic acids is 1. The number of hydrogen-bond acceptors (Lipinski definition) is 4. The molecule has 0 saturated carbocycles. The second-order valence-corrected chi connectivity index (χ2v) is 5.60. The summed E-state index contributed by atoms with van der Waals surface area (Å²) in [5.41, 5.74) is 1.19. The molecule has 7 heteroatoms. The Morgan fingerprint density at radius 3 is 2.95 bits per heavy atom. The number of hydrogen-bond donors (Lipinski definition) is 1. The first kappa shape index (κ1) is 14.2. The van der Waals surface area contributed by atoms with E-state index in [9.17, 15) is 9.59 Å². The highest BCUT2D eigenvalue weighted by molar-refractivity contribution is 7.99. The Balaban J connectivity index is 1.96. The van der Waals surface area contributed by atoms with Crippen LogP contribution in [0.1, 0.15) is 6.42 Å². The smallest absolute Gasteiger partial charge is 0.327 e. The summed E-state index contributed by atoms with van der Waals surface area (Å²) >= 11 is 1.48. The Kier molecular flexibility index (Phi) is 4.71. The van der Waals surface area contributed by atoms with Crippen molar-refractivity contribution in [3.63, 3.8) is 0 Å². The number of methoxy groups -OCH3 is 1. The molecule has 2 amide bonds. The molecule has 2 rings (SSSR count). The summed E-state index contributed by atoms with van der Waals surface area (Å²) in [5.74, 6) is 0.00615. The highest BCUT2D eigenvalue weighted by Crippen LogP contribution is 2.23. The van der Waals surface area contributed by atoms with Gasteiger partial charge in [0.1, 0.15) is 6.04 Å². The molecule has 106 valence electrons. The third kappa shape index (κ3) is 3.22. The van der Waals surface area contributed by atoms with Gasteiger partial charge >= 0.3 is 12.0 Å². The van der Waals surface area contributed by atoms with E-state index >= 15 is 0 Å². The Labute approximate surface area is 116 Å². The monoisotopic (exact) mass is 286 g/mol. The van der Waals surface area contributed by atoms with Crippen molar-refractivity contribution in [1.29, 1.82) is 0 Å². The molecule has 19 heavy (non-hydrogen) atoms. The third-order valence-corrected chi connectivity index (χ3v) is 4.33. The lowest BCUT2D eigenvalue weighted by Gasteiger charge is -2.31. The number of carboxylic acid groups (broad SMARTS) is 1. The second-order valence-electron chi connectivity index (χ2n) is 4.60. The van der Waals surface area contributed by atoms with Crippen molar-refractivity contribution in [3.05, 3.63) is 11.6 Å². The van der Waals surface area contributed by atoms with E-state index in [2.05, 4.69) is 0 Å². The molecule has 0 aliphatic carbocycles. The summed E-state index contributed by atoms with van der Waals surface area (Å²) in [7, 11) is 1.65. The van der Waals surface area contributed by atoms with Gasteiger partial charge in [-0.15, -0.1) is 11.8 Å². The summed E-state index contributed by atoms with van der Waals surface area (Å²) in [5, 5.41) is 9.09. The van der Waals surface area contributed by atoms with E-state index in [0.29, 0.717) is 31.3 Å². The molecule has 1 saturated heterocycles. The molecular formula is C12H18N2O4S. The van der Waals surface area contributed by atoms with Crippen LogP contribution in [0.5, 0.6) is 0 Å². The van der Waals surface area contributed by atoms with Crippen molar-refractivity contribution in [1.82, 2.24) is 9.80 Å². The van der Waals surface area contributed by atoms with Crippen LogP contribution in [0.4, 0.5) is 4.79 Å². The van der Waals surface area contributed by atoms with Gasteiger partial charge < -0.3 is 19.6 Å². The number of amides is 2. The van der Waals surface area contributed by atoms with E-state index in [1.807, 2.05) is 6.08 Å². The van der Waals surface area contributed by atoms with Crippen molar-refractivity contribution in [2.75, 3.05) is 38.4 Å². The van der Waals surface area contributed by atoms with E-state index < -0.39 is 12.0 Å². The van der Waals surface area contributed by atoms with Crippen molar-refractivity contribution in [3.8, 4) is 0 Å². The van der Waals surface area contributed by atoms with Crippen LogP contribution in [0, 0.1) is 0 Å². The van der Waals surface area contributed by atoms with Gasteiger partial charge in [-0.1, -0.05) is 6.08 Å². The lowest BCUT2D eigenvalue weighted by Crippen LogP contribution is -2.49. The fourth-order valence-electron chi connectivity index (χ4n) is 2.22. The molecule has 1 fully saturated rings. The number of carboxylic acids is 1. The largest absolute Gasteiger partial charge is 0.480 e. The first-order valence-corrected chi connectivity index (χ1v) is 7.32. The number of rotatable bonds is 3. The van der Waals surface area contributed by atoms with Gasteiger partial charge in [-0.3, -0.25) is 0 Å². The quantitative estimate of drug-likeness (QED) is 0.779. The van der Waals surface area contributed by atoms with E-state index in [-0.39, 0.29) is 6.03 Å². The van der Waals surface area contributed by atoms with Crippen molar-refractivity contribution in [2.45, 2.75) is 12.5 Å². The van der Waals surface area contributed by atoms with Gasteiger partial charge in [0.2, 0.25) is 0 Å². The predicted molar refractivity (Wildman–Crippen MR) is 72.1 cm³/mol. The minimum atomic E-state index is -0.925. The van der Waals surface area contributed by atoms with Gasteiger partial charge in [-0.05, 0) is 12.0 Å². The topological polar surface area (TPSA) is 70.1 Å². The third-order valence-electron chi connectivity index (χ3n) is 3.32. The average Bonchev–Trinajstić information content (AvgIpc) is 2.88. The normalized spacial score (nSPS) is 23.4. The van der Waals surface area contributed by atoms with Crippen LogP contribution < -0.4 is 0 Å². The summed E-state index contributed by atoms with van der Waals surface area (Å²) in [6, 6.07) is -0.869. The molecule has 2 aliphatic heterocycles. The standard InChI is InChI=1S/C12H18N2O4S/c1-18-6-9-2-4-13(5-3-9)12(17)14-8-19-7-10(14)11(15)16/h2,10H,3-8H2,1H3,(H,15,16)/t10-/m0/s1. The molecule has 0 aromatic carbocycles. The first-order valence-electron chi connectivity index (χ1n) is 6.16. The predicted octanol–water partition coefficient (Wildman–Crippen LogP) is 0.844. The van der Waals surface area contributed by atoms with E-state index in [1.165, 1.54) is 22.2 Å². The van der Waals surface area contributed by atoms with E-state index in [0.717, 1.165) is 6.42 Å². The number of carbonyl (C=O) groups is 2. The maximum Gasteiger partial charge on any atom is 0.327 e. The average molecular weight is 286 g/mol. The van der Waals surface area contributed by atoms with Gasteiger partial charge in [0, 0.05) is 26.0 Å². The minimum Gasteiger partial charge on any atom is -0.480 e. The fraction of sp³-hybridized carbons (Fsp3) is 0.667. The number of aliphatic carboxylic acids is 1. The Morgan fingerprint density at radius 2 is 2.37 bits per heavy atom. The lowest BCUT2D eigenvalue weighted by molar-refractivity contribution is -0.140. The number of nitrogens with zero attached hydrogens (tertiary/aromatic N) is 2. The molecule has 6 nitrogen and oxygen atoms in total. The lowest BCUT2D eigenvalue weighted by atomic mass is 10.1. The zero-order valence-corrected chi connectivity index (χ0v) is 11.7. The highest BCUT2D eigenvalue weighted by atomic mass is 32.2. The first-order chi connectivity index (χ1) is 9.13. The van der Waals surface area contributed by atoms with Crippen LogP contribution in [0.2, 0.25) is 0 Å². The maximum atomic E-state index is 12.3. The zero-order valence-electron chi connectivity index (χ0n) is 10.9. The fourth-order valence-corrected chi connectivity index (χ4v) is 3.36. The summed E-state index contributed by atoms with van der Waals surface area (Å²) in [6.07, 6.45) is 2.78. The Hall–Kier alpha value is -1.21. The molecule has 0 spiro atoms. The molecule has 0 aromatic heterocycles. The van der Waals surface area contributed by atoms with Crippen LogP contribution in [0.3, 0.4) is 0 Å². The Bertz CT molecular complexity index is 399. The van der Waals surface area contributed by atoms with E-state index in [1.54, 1.807) is 12.0 Å². The molecule has 0 bridgehead atoms. The second kappa shape index (κ2) is 6.29. The van der Waals surface area contributed by atoms with Crippen LogP contribution in [0.25, 0.3) is 0 Å². The van der Waals surface area contributed by atoms with Crippen LogP contribution in [-0.4, -0.2) is 71.4 Å². The minimum absolute atomic E-state index is 0.176. The van der Waals surface area contributed by atoms with Gasteiger partial charge in [0.25, 0.3) is 0 Å². The number of thioether (sulfide) groups is 1. The molecule has 2 heterocycles. The van der Waals surface area contributed by atoms with Crippen LogP contribution in [-0.2, 0) is 9.53 Å². The van der Waals surface area contributed by atoms with Gasteiger partial charge in [0.05, 0.1) is 12.5 Å². The molecule has 0 aromatic rings. The highest BCUT2D eigenvalue weighted by Gasteiger charge is 2.36. The van der Waals surface area contributed by atoms with Crippen LogP contribution >= 0.6 is 11.8 Å². The maximum absolute atomic E-state index is 12.3. The van der Waals surface area contributed by atoms with Crippen molar-refractivity contribution in [2.24, 2.45) is 0 Å². The summed E-state index contributed by atoms with van der Waals surface area (Å²) < 4.78 is 5.06. The molecule has 1 N–H and O–H groups in total. The van der Waals surface area contributed by atoms with Crippen LogP contribution in [0.15, 0.2) is 11.6 Å². The molecular weight excluding hydrogens is 268 g/mol. The summed E-state index contributed by atoms with van der Waals surface area (Å²) in [6.45, 7) is 1.76. The molecule has 0 radical (unpaired) electrons. The van der Waals surface area contributed by atoms with E-state index in [4.69, 9.17) is 9.84 Å². The van der Waals surface area contributed by atoms with Crippen molar-refractivity contribution >= 4 is 23.8 Å². The number of ether oxygens (including phenoxy) is 1. The van der Waals surface area contributed by atoms with Crippen molar-refractivity contribution < 1.29 is 19.4 Å². The SMILES string of the molecule is COCC1=CCN(C(=O)N2CSC[C@H]2C(=O)O)CC1. The van der Waals surface area contributed by atoms with Gasteiger partial charge in [0.15, 0.2) is 0 Å². The summed E-state index contributed by atoms with van der Waals surface area (Å²) in [4.78, 5) is 26.5. The van der Waals surface area contributed by atoms with Gasteiger partial charge in [-0.2, -0.15) is 0 Å².